The predicted octanol–water partition coefficient (Wildman–Crippen LogP) is -1.26. The van der Waals surface area contributed by atoms with Gasteiger partial charge >= 0.3 is 0 Å². The SMILES string of the molecule is NS(=O)[O-].[Cr]. The molecule has 0 saturated carbocycles. The van der Waals surface area contributed by atoms with Crippen LogP contribution < -0.4 is 5.14 Å². The van der Waals surface area contributed by atoms with Crippen LogP contribution in [0.15, 0.2) is 0 Å². The van der Waals surface area contributed by atoms with E-state index in [-0.39, 0.29) is 17.4 Å². The molecule has 3 nitrogen and oxygen atoms in total. The van der Waals surface area contributed by atoms with E-state index in [0.29, 0.717) is 0 Å². The van der Waals surface area contributed by atoms with Gasteiger partial charge in [-0.25, -0.2) is 0 Å². The molecule has 1 unspecified atom stereocenters. The molecule has 0 aliphatic heterocycles. The number of nitrogens with two attached hydrogens (primary N) is 1. The molecule has 0 saturated heterocycles. The van der Waals surface area contributed by atoms with Crippen LogP contribution in [0, 0.1) is 0 Å². The summed E-state index contributed by atoms with van der Waals surface area (Å²) < 4.78 is 17.6. The van der Waals surface area contributed by atoms with Crippen LogP contribution in [0.5, 0.6) is 0 Å². The molecule has 0 aromatic heterocycles. The van der Waals surface area contributed by atoms with Crippen molar-refractivity contribution in [2.75, 3.05) is 0 Å². The van der Waals surface area contributed by atoms with Crippen molar-refractivity contribution in [3.8, 4) is 0 Å². The van der Waals surface area contributed by atoms with Crippen molar-refractivity contribution >= 4 is 11.3 Å². The van der Waals surface area contributed by atoms with Crippen molar-refractivity contribution in [2.24, 2.45) is 5.14 Å². The van der Waals surface area contributed by atoms with Gasteiger partial charge in [0, 0.05) is 28.6 Å². The van der Waals surface area contributed by atoms with Gasteiger partial charge in [-0.05, 0) is 0 Å². The molecule has 1 atom stereocenters. The van der Waals surface area contributed by atoms with E-state index in [1.165, 1.54) is 0 Å². The Morgan fingerprint density at radius 2 is 1.80 bits per heavy atom. The standard InChI is InChI=1S/Cr.H3NO2S/c;1-4(2)3/h;1H2,(H,2,3)/p-1. The Bertz CT molecular complexity index is 32.6. The summed E-state index contributed by atoms with van der Waals surface area (Å²) in [6.07, 6.45) is 0. The fourth-order valence-corrected chi connectivity index (χ4v) is 0. The summed E-state index contributed by atoms with van der Waals surface area (Å²) in [6.45, 7) is 0. The van der Waals surface area contributed by atoms with Gasteiger partial charge in [0.2, 0.25) is 0 Å². The summed E-state index contributed by atoms with van der Waals surface area (Å²) in [5.74, 6) is 0. The fraction of sp³-hybridized carbons (Fsp3) is 0. The Labute approximate surface area is 43.1 Å². The molecule has 5 heavy (non-hydrogen) atoms. The molecular formula is H2CrNO2S-. The molecule has 0 aliphatic carbocycles. The predicted molar refractivity (Wildman–Crippen MR) is 13.1 cm³/mol. The van der Waals surface area contributed by atoms with Gasteiger partial charge < -0.3 is 4.55 Å². The van der Waals surface area contributed by atoms with Crippen molar-refractivity contribution in [3.63, 3.8) is 0 Å². The van der Waals surface area contributed by atoms with Crippen molar-refractivity contribution in [1.82, 2.24) is 0 Å². The topological polar surface area (TPSA) is 66.2 Å². The molecule has 0 rings (SSSR count). The Kier molecular flexibility index (Phi) is 8.42. The molecule has 0 radical (unpaired) electrons. The van der Waals surface area contributed by atoms with Crippen LogP contribution in [0.25, 0.3) is 0 Å². The summed E-state index contributed by atoms with van der Waals surface area (Å²) in [7, 11) is 0. The zero-order chi connectivity index (χ0) is 3.58. The van der Waals surface area contributed by atoms with E-state index in [1.807, 2.05) is 0 Å². The van der Waals surface area contributed by atoms with Crippen molar-refractivity contribution in [1.29, 1.82) is 0 Å². The zero-order valence-corrected chi connectivity index (χ0v) is 4.30. The normalized spacial score (nSPS) is 12.4. The van der Waals surface area contributed by atoms with Gasteiger partial charge in [0.25, 0.3) is 0 Å². The van der Waals surface area contributed by atoms with E-state index in [0.717, 1.165) is 0 Å². The molecule has 32 valence electrons. The van der Waals surface area contributed by atoms with E-state index in [4.69, 9.17) is 8.76 Å². The molecular weight excluding hydrogens is 130 g/mol. The van der Waals surface area contributed by atoms with E-state index in [2.05, 4.69) is 5.14 Å². The van der Waals surface area contributed by atoms with Crippen molar-refractivity contribution < 1.29 is 26.1 Å². The molecule has 0 aromatic rings. The summed E-state index contributed by atoms with van der Waals surface area (Å²) in [5.41, 5.74) is 0. The second kappa shape index (κ2) is 4.60. The monoisotopic (exact) mass is 132 g/mol. The van der Waals surface area contributed by atoms with Crippen LogP contribution in [0.3, 0.4) is 0 Å². The number of hydrogen-bond acceptors (Lipinski definition) is 2. The van der Waals surface area contributed by atoms with Crippen LogP contribution in [0.2, 0.25) is 0 Å². The second-order valence-electron chi connectivity index (χ2n) is 0.260. The maximum Gasteiger partial charge on any atom is 0.0152 e. The first-order valence-electron chi connectivity index (χ1n) is 0.569. The summed E-state index contributed by atoms with van der Waals surface area (Å²) in [4.78, 5) is 0. The minimum atomic E-state index is -2.36. The van der Waals surface area contributed by atoms with Gasteiger partial charge in [-0.15, -0.1) is 0 Å². The van der Waals surface area contributed by atoms with E-state index < -0.39 is 11.3 Å². The third-order valence-corrected chi connectivity index (χ3v) is 0. The Morgan fingerprint density at radius 1 is 1.80 bits per heavy atom. The maximum atomic E-state index is 8.78. The van der Waals surface area contributed by atoms with E-state index in [1.54, 1.807) is 0 Å². The van der Waals surface area contributed by atoms with Crippen LogP contribution in [-0.2, 0) is 28.6 Å². The van der Waals surface area contributed by atoms with Crippen molar-refractivity contribution in [2.45, 2.75) is 0 Å². The largest absolute Gasteiger partial charge is 0.760 e. The van der Waals surface area contributed by atoms with Gasteiger partial charge in [-0.3, -0.25) is 9.35 Å². The Hall–Kier alpha value is 0.602. The molecule has 0 bridgehead atoms. The van der Waals surface area contributed by atoms with Gasteiger partial charge in [0.05, 0.1) is 0 Å². The smallest absolute Gasteiger partial charge is 0.0152 e. The number of hydrogen-bond donors (Lipinski definition) is 1. The van der Waals surface area contributed by atoms with Crippen LogP contribution in [-0.4, -0.2) is 8.76 Å². The van der Waals surface area contributed by atoms with Crippen LogP contribution in [0.4, 0.5) is 0 Å². The average Bonchev–Trinajstić information content (AvgIpc) is 0.811. The molecule has 0 fully saturated rings. The van der Waals surface area contributed by atoms with E-state index in [9.17, 15) is 0 Å². The summed E-state index contributed by atoms with van der Waals surface area (Å²) >= 11 is -2.36. The Morgan fingerprint density at radius 3 is 1.80 bits per heavy atom. The minimum absolute atomic E-state index is 0. The Balaban J connectivity index is 0. The first-order valence-corrected chi connectivity index (χ1v) is 1.71. The summed E-state index contributed by atoms with van der Waals surface area (Å²) in [5, 5.41) is 4.03. The first kappa shape index (κ1) is 9.14. The molecule has 5 heteroatoms. The van der Waals surface area contributed by atoms with Crippen LogP contribution >= 0.6 is 0 Å². The second-order valence-corrected chi connectivity index (χ2v) is 0.781. The third-order valence-electron chi connectivity index (χ3n) is 0. The third kappa shape index (κ3) is 85.9. The van der Waals surface area contributed by atoms with Gasteiger partial charge in [-0.2, -0.15) is 0 Å². The fourth-order valence-electron chi connectivity index (χ4n) is 0. The van der Waals surface area contributed by atoms with Crippen molar-refractivity contribution in [3.05, 3.63) is 0 Å². The van der Waals surface area contributed by atoms with Gasteiger partial charge in [0.1, 0.15) is 0 Å². The zero-order valence-electron chi connectivity index (χ0n) is 2.21. The molecule has 0 amide bonds. The quantitative estimate of drug-likeness (QED) is 0.418. The molecule has 0 spiro atoms. The summed E-state index contributed by atoms with van der Waals surface area (Å²) in [6, 6.07) is 0. The molecule has 2 N–H and O–H groups in total. The maximum absolute atomic E-state index is 8.78. The van der Waals surface area contributed by atoms with E-state index >= 15 is 0 Å². The number of rotatable bonds is 0. The average molecular weight is 132 g/mol. The molecule has 0 heterocycles. The minimum Gasteiger partial charge on any atom is -0.760 e. The van der Waals surface area contributed by atoms with Crippen LogP contribution in [0.1, 0.15) is 0 Å². The molecule has 0 aliphatic rings. The molecule has 0 aromatic carbocycles. The van der Waals surface area contributed by atoms with Gasteiger partial charge in [0.15, 0.2) is 0 Å². The first-order chi connectivity index (χ1) is 1.73. The van der Waals surface area contributed by atoms with Gasteiger partial charge in [-0.1, -0.05) is 0 Å².